The minimum absolute atomic E-state index is 0.00923. The predicted molar refractivity (Wildman–Crippen MR) is 119 cm³/mol. The molecule has 2 aromatic heterocycles. The summed E-state index contributed by atoms with van der Waals surface area (Å²) >= 11 is 5.78. The fraction of sp³-hybridized carbons (Fsp3) is 0.304. The van der Waals surface area contributed by atoms with E-state index in [0.717, 1.165) is 16.5 Å². The predicted octanol–water partition coefficient (Wildman–Crippen LogP) is 5.12. The van der Waals surface area contributed by atoms with E-state index in [4.69, 9.17) is 12.2 Å². The molecule has 1 aromatic carbocycles. The van der Waals surface area contributed by atoms with Gasteiger partial charge in [-0.3, -0.25) is 4.98 Å². The Balaban J connectivity index is 1.83. The zero-order valence-electron chi connectivity index (χ0n) is 16.8. The van der Waals surface area contributed by atoms with Gasteiger partial charge < -0.3 is 14.8 Å². The Morgan fingerprint density at radius 2 is 1.89 bits per heavy atom. The molecular formula is C23H26N4S. The molecule has 4 rings (SSSR count). The molecule has 1 fully saturated rings. The Morgan fingerprint density at radius 1 is 1.07 bits per heavy atom. The number of aryl methyl sites for hydroxylation is 1. The first-order chi connectivity index (χ1) is 13.3. The van der Waals surface area contributed by atoms with Crippen molar-refractivity contribution in [1.29, 1.82) is 0 Å². The van der Waals surface area contributed by atoms with Gasteiger partial charge in [-0.2, -0.15) is 0 Å². The van der Waals surface area contributed by atoms with Crippen molar-refractivity contribution in [3.8, 4) is 0 Å². The summed E-state index contributed by atoms with van der Waals surface area (Å²) in [6.45, 7) is 8.74. The third kappa shape index (κ3) is 3.42. The van der Waals surface area contributed by atoms with Gasteiger partial charge in [0.1, 0.15) is 0 Å². The zero-order chi connectivity index (χ0) is 19.9. The lowest BCUT2D eigenvalue weighted by Crippen LogP contribution is -2.29. The van der Waals surface area contributed by atoms with E-state index < -0.39 is 0 Å². The zero-order valence-corrected chi connectivity index (χ0v) is 17.6. The minimum atomic E-state index is -0.00923. The van der Waals surface area contributed by atoms with Crippen LogP contribution in [0.1, 0.15) is 49.7 Å². The molecule has 1 aliphatic rings. The lowest BCUT2D eigenvalue weighted by molar-refractivity contribution is 0.397. The highest BCUT2D eigenvalue weighted by molar-refractivity contribution is 7.80. The van der Waals surface area contributed by atoms with Crippen LogP contribution in [-0.2, 0) is 5.54 Å². The van der Waals surface area contributed by atoms with Gasteiger partial charge in [0.05, 0.1) is 17.8 Å². The average molecular weight is 391 g/mol. The summed E-state index contributed by atoms with van der Waals surface area (Å²) in [5.41, 5.74) is 4.56. The topological polar surface area (TPSA) is 33.1 Å². The smallest absolute Gasteiger partial charge is 0.174 e. The van der Waals surface area contributed by atoms with Gasteiger partial charge in [-0.15, -0.1) is 0 Å². The van der Waals surface area contributed by atoms with Gasteiger partial charge in [-0.1, -0.05) is 18.2 Å². The van der Waals surface area contributed by atoms with Crippen LogP contribution in [0.2, 0.25) is 0 Å². The number of aromatic nitrogens is 2. The first-order valence-corrected chi connectivity index (χ1v) is 10.0. The molecule has 4 nitrogen and oxygen atoms in total. The van der Waals surface area contributed by atoms with Gasteiger partial charge >= 0.3 is 0 Å². The van der Waals surface area contributed by atoms with Crippen LogP contribution in [0, 0.1) is 6.92 Å². The standard InChI is InChI=1S/C23H26N4S/c1-16-8-7-9-18(14-16)27-21(17-11-13-26(15-17)23(2,3)4)20(25-22(27)28)19-10-5-6-12-24-19/h5-15,20-21H,1-4H3,(H,25,28)/t20-,21+/m0/s1. The second-order valence-corrected chi connectivity index (χ2v) is 8.75. The molecule has 0 radical (unpaired) electrons. The third-order valence-electron chi connectivity index (χ3n) is 5.21. The highest BCUT2D eigenvalue weighted by Gasteiger charge is 2.41. The van der Waals surface area contributed by atoms with Crippen molar-refractivity contribution < 1.29 is 0 Å². The number of nitrogens with zero attached hydrogens (tertiary/aromatic N) is 3. The Labute approximate surface area is 172 Å². The third-order valence-corrected chi connectivity index (χ3v) is 5.52. The molecule has 1 aliphatic heterocycles. The molecule has 2 atom stereocenters. The fourth-order valence-corrected chi connectivity index (χ4v) is 4.10. The van der Waals surface area contributed by atoms with Gasteiger partial charge in [0.25, 0.3) is 0 Å². The van der Waals surface area contributed by atoms with Crippen LogP contribution >= 0.6 is 12.2 Å². The number of benzene rings is 1. The lowest BCUT2D eigenvalue weighted by Gasteiger charge is -2.28. The Morgan fingerprint density at radius 3 is 2.54 bits per heavy atom. The highest BCUT2D eigenvalue weighted by atomic mass is 32.1. The Hall–Kier alpha value is -2.66. The maximum absolute atomic E-state index is 5.78. The summed E-state index contributed by atoms with van der Waals surface area (Å²) in [6.07, 6.45) is 6.23. The number of hydrogen-bond acceptors (Lipinski definition) is 2. The van der Waals surface area contributed by atoms with Gasteiger partial charge in [0, 0.05) is 29.8 Å². The molecular weight excluding hydrogens is 364 g/mol. The van der Waals surface area contributed by atoms with E-state index in [2.05, 4.69) is 96.3 Å². The highest BCUT2D eigenvalue weighted by Crippen LogP contribution is 2.42. The molecule has 3 heterocycles. The number of rotatable bonds is 3. The van der Waals surface area contributed by atoms with Crippen molar-refractivity contribution >= 4 is 23.0 Å². The van der Waals surface area contributed by atoms with Crippen molar-refractivity contribution in [3.63, 3.8) is 0 Å². The van der Waals surface area contributed by atoms with Crippen LogP contribution in [0.15, 0.2) is 67.1 Å². The van der Waals surface area contributed by atoms with Crippen LogP contribution in [0.25, 0.3) is 0 Å². The minimum Gasteiger partial charge on any atom is -0.351 e. The van der Waals surface area contributed by atoms with Gasteiger partial charge in [0.2, 0.25) is 0 Å². The molecule has 0 amide bonds. The maximum atomic E-state index is 5.78. The van der Waals surface area contributed by atoms with E-state index in [0.29, 0.717) is 0 Å². The first-order valence-electron chi connectivity index (χ1n) is 9.60. The average Bonchev–Trinajstić information content (AvgIpc) is 3.27. The molecule has 1 N–H and O–H groups in total. The van der Waals surface area contributed by atoms with Crippen molar-refractivity contribution in [3.05, 3.63) is 83.9 Å². The van der Waals surface area contributed by atoms with Gasteiger partial charge in [-0.05, 0) is 81.4 Å². The second kappa shape index (κ2) is 7.06. The van der Waals surface area contributed by atoms with Crippen LogP contribution in [-0.4, -0.2) is 14.7 Å². The largest absolute Gasteiger partial charge is 0.351 e. The summed E-state index contributed by atoms with van der Waals surface area (Å²) in [4.78, 5) is 6.84. The molecule has 0 aliphatic carbocycles. The number of nitrogens with one attached hydrogen (secondary N) is 1. The van der Waals surface area contributed by atoms with E-state index >= 15 is 0 Å². The Bertz CT molecular complexity index is 987. The van der Waals surface area contributed by atoms with E-state index in [9.17, 15) is 0 Å². The molecule has 144 valence electrons. The van der Waals surface area contributed by atoms with E-state index in [-0.39, 0.29) is 17.6 Å². The SMILES string of the molecule is Cc1cccc(N2C(=S)N[C@@H](c3ccccn3)[C@H]2c2ccn(C(C)(C)C)c2)c1. The summed E-state index contributed by atoms with van der Waals surface area (Å²) in [5.74, 6) is 0. The molecule has 0 saturated carbocycles. The second-order valence-electron chi connectivity index (χ2n) is 8.36. The lowest BCUT2D eigenvalue weighted by atomic mass is 9.98. The molecule has 0 bridgehead atoms. The molecule has 0 spiro atoms. The molecule has 28 heavy (non-hydrogen) atoms. The number of pyridine rings is 1. The van der Waals surface area contributed by atoms with Crippen LogP contribution in [0.4, 0.5) is 5.69 Å². The van der Waals surface area contributed by atoms with E-state index in [1.54, 1.807) is 0 Å². The van der Waals surface area contributed by atoms with E-state index in [1.807, 2.05) is 18.3 Å². The number of anilines is 1. The Kier molecular flexibility index (Phi) is 4.71. The molecule has 3 aromatic rings. The van der Waals surface area contributed by atoms with Crippen molar-refractivity contribution in [2.45, 2.75) is 45.3 Å². The van der Waals surface area contributed by atoms with E-state index in [1.165, 1.54) is 11.1 Å². The van der Waals surface area contributed by atoms with Gasteiger partial charge in [-0.25, -0.2) is 0 Å². The monoisotopic (exact) mass is 390 g/mol. The summed E-state index contributed by atoms with van der Waals surface area (Å²) < 4.78 is 2.26. The fourth-order valence-electron chi connectivity index (χ4n) is 3.75. The van der Waals surface area contributed by atoms with Crippen LogP contribution in [0.3, 0.4) is 0 Å². The summed E-state index contributed by atoms with van der Waals surface area (Å²) in [5, 5.41) is 4.25. The molecule has 1 saturated heterocycles. The van der Waals surface area contributed by atoms with Crippen LogP contribution in [0.5, 0.6) is 0 Å². The number of hydrogen-bond donors (Lipinski definition) is 1. The normalized spacial score (nSPS) is 19.7. The molecule has 0 unspecified atom stereocenters. The van der Waals surface area contributed by atoms with Crippen LogP contribution < -0.4 is 10.2 Å². The van der Waals surface area contributed by atoms with Crippen molar-refractivity contribution in [2.24, 2.45) is 0 Å². The summed E-state index contributed by atoms with van der Waals surface area (Å²) in [7, 11) is 0. The van der Waals surface area contributed by atoms with Gasteiger partial charge in [0.15, 0.2) is 5.11 Å². The van der Waals surface area contributed by atoms with Crippen molar-refractivity contribution in [1.82, 2.24) is 14.9 Å². The quantitative estimate of drug-likeness (QED) is 0.629. The molecule has 5 heteroatoms. The number of thiocarbonyl (C=S) groups is 1. The van der Waals surface area contributed by atoms with Crippen molar-refractivity contribution in [2.75, 3.05) is 4.90 Å². The first kappa shape index (κ1) is 18.7. The summed E-state index contributed by atoms with van der Waals surface area (Å²) in [6, 6.07) is 16.8. The maximum Gasteiger partial charge on any atom is 0.174 e.